The molecular weight excluding hydrogens is 334 g/mol. The highest BCUT2D eigenvalue weighted by atomic mass is 35.5. The lowest BCUT2D eigenvalue weighted by Gasteiger charge is -2.09. The van der Waals surface area contributed by atoms with Crippen LogP contribution in [0, 0.1) is 0 Å². The van der Waals surface area contributed by atoms with E-state index in [9.17, 15) is 0 Å². The first-order valence-electron chi connectivity index (χ1n) is 6.87. The second-order valence-electron chi connectivity index (χ2n) is 4.87. The molecule has 0 bridgehead atoms. The molecule has 1 unspecified atom stereocenters. The number of halogens is 1. The number of nitrogens with zero attached hydrogens (tertiary/aromatic N) is 2. The molecule has 2 aromatic heterocycles. The molecule has 0 radical (unpaired) electrons. The molecule has 1 atom stereocenters. The first-order valence-corrected chi connectivity index (χ1v) is 8.06. The maximum atomic E-state index is 6.30. The van der Waals surface area contributed by atoms with Gasteiger partial charge in [0.25, 0.3) is 0 Å². The molecule has 8 heteroatoms. The second-order valence-corrected chi connectivity index (χ2v) is 6.34. The van der Waals surface area contributed by atoms with Crippen LogP contribution in [-0.2, 0) is 4.74 Å². The van der Waals surface area contributed by atoms with Crippen molar-refractivity contribution in [2.45, 2.75) is 6.23 Å². The number of nitrogens with two attached hydrogens (primary N) is 2. The van der Waals surface area contributed by atoms with Crippen molar-refractivity contribution in [1.29, 1.82) is 0 Å². The van der Waals surface area contributed by atoms with Gasteiger partial charge >= 0.3 is 0 Å². The number of nitrogen functional groups attached to an aromatic ring is 1. The monoisotopic (exact) mass is 349 g/mol. The predicted octanol–water partition coefficient (Wildman–Crippen LogP) is 3.24. The van der Waals surface area contributed by atoms with Crippen LogP contribution in [0.5, 0.6) is 0 Å². The minimum atomic E-state index is -0.598. The van der Waals surface area contributed by atoms with Crippen LogP contribution < -0.4 is 16.8 Å². The van der Waals surface area contributed by atoms with Gasteiger partial charge in [0.15, 0.2) is 0 Å². The fourth-order valence-electron chi connectivity index (χ4n) is 2.31. The van der Waals surface area contributed by atoms with E-state index in [-0.39, 0.29) is 0 Å². The summed E-state index contributed by atoms with van der Waals surface area (Å²) < 4.78 is 5.19. The van der Waals surface area contributed by atoms with Crippen molar-refractivity contribution in [2.24, 2.45) is 5.73 Å². The predicted molar refractivity (Wildman–Crippen MR) is 95.8 cm³/mol. The molecular formula is C15H16ClN5OS. The zero-order valence-electron chi connectivity index (χ0n) is 12.6. The van der Waals surface area contributed by atoms with Crippen LogP contribution in [0.1, 0.15) is 11.1 Å². The van der Waals surface area contributed by atoms with E-state index >= 15 is 0 Å². The SMILES string of the molecule is CNc1nc(-c2cccc(Cl)c2)c2c(N)c(C(N)OC)sc2n1. The zero-order chi connectivity index (χ0) is 16.6. The fourth-order valence-corrected chi connectivity index (χ4v) is 3.58. The van der Waals surface area contributed by atoms with Gasteiger partial charge in [0.1, 0.15) is 11.1 Å². The van der Waals surface area contributed by atoms with Crippen molar-refractivity contribution in [3.05, 3.63) is 34.2 Å². The highest BCUT2D eigenvalue weighted by molar-refractivity contribution is 7.19. The highest BCUT2D eigenvalue weighted by Gasteiger charge is 2.21. The summed E-state index contributed by atoms with van der Waals surface area (Å²) in [5.41, 5.74) is 14.4. The second kappa shape index (κ2) is 6.29. The molecule has 120 valence electrons. The molecule has 0 saturated heterocycles. The maximum absolute atomic E-state index is 6.30. The van der Waals surface area contributed by atoms with Gasteiger partial charge < -0.3 is 21.5 Å². The third-order valence-corrected chi connectivity index (χ3v) is 4.85. The van der Waals surface area contributed by atoms with Gasteiger partial charge in [-0.05, 0) is 12.1 Å². The van der Waals surface area contributed by atoms with Crippen LogP contribution in [0.25, 0.3) is 21.5 Å². The van der Waals surface area contributed by atoms with Gasteiger partial charge in [-0.25, -0.2) is 9.97 Å². The van der Waals surface area contributed by atoms with Crippen LogP contribution in [0.15, 0.2) is 24.3 Å². The molecule has 0 spiro atoms. The standard InChI is InChI=1S/C15H16ClN5OS/c1-19-15-20-11(7-4-3-5-8(16)6-7)9-10(17)12(13(18)22-2)23-14(9)21-15/h3-6,13H,17-18H2,1-2H3,(H,19,20,21). The van der Waals surface area contributed by atoms with Crippen LogP contribution in [0.2, 0.25) is 5.02 Å². The van der Waals surface area contributed by atoms with E-state index in [0.717, 1.165) is 20.7 Å². The number of fused-ring (bicyclic) bond motifs is 1. The average molecular weight is 350 g/mol. The summed E-state index contributed by atoms with van der Waals surface area (Å²) in [4.78, 5) is 10.5. The summed E-state index contributed by atoms with van der Waals surface area (Å²) >= 11 is 7.51. The van der Waals surface area contributed by atoms with E-state index in [1.807, 2.05) is 24.3 Å². The van der Waals surface area contributed by atoms with Gasteiger partial charge in [-0.15, -0.1) is 11.3 Å². The molecule has 2 heterocycles. The Morgan fingerprint density at radius 2 is 2.13 bits per heavy atom. The minimum absolute atomic E-state index is 0.506. The lowest BCUT2D eigenvalue weighted by molar-refractivity contribution is 0.113. The largest absolute Gasteiger partial charge is 0.397 e. The topological polar surface area (TPSA) is 99.1 Å². The van der Waals surface area contributed by atoms with Crippen molar-refractivity contribution >= 4 is 44.8 Å². The Labute approximate surface area is 142 Å². The van der Waals surface area contributed by atoms with Crippen LogP contribution in [0.3, 0.4) is 0 Å². The molecule has 0 fully saturated rings. The van der Waals surface area contributed by atoms with E-state index < -0.39 is 6.23 Å². The van der Waals surface area contributed by atoms with Crippen molar-refractivity contribution in [1.82, 2.24) is 9.97 Å². The first-order chi connectivity index (χ1) is 11.0. The smallest absolute Gasteiger partial charge is 0.224 e. The minimum Gasteiger partial charge on any atom is -0.397 e. The van der Waals surface area contributed by atoms with E-state index in [2.05, 4.69) is 15.3 Å². The normalized spacial score (nSPS) is 12.5. The Morgan fingerprint density at radius 3 is 2.78 bits per heavy atom. The molecule has 5 N–H and O–H groups in total. The Hall–Kier alpha value is -1.93. The first kappa shape index (κ1) is 15.9. The van der Waals surface area contributed by atoms with Gasteiger partial charge in [-0.2, -0.15) is 0 Å². The number of rotatable bonds is 4. The summed E-state index contributed by atoms with van der Waals surface area (Å²) in [7, 11) is 3.30. The van der Waals surface area contributed by atoms with Gasteiger partial charge in [0.2, 0.25) is 5.95 Å². The lowest BCUT2D eigenvalue weighted by Crippen LogP contribution is -2.11. The number of nitrogens with one attached hydrogen (secondary N) is 1. The van der Waals surface area contributed by atoms with Gasteiger partial charge in [-0.1, -0.05) is 23.7 Å². The molecule has 6 nitrogen and oxygen atoms in total. The number of ether oxygens (including phenoxy) is 1. The summed E-state index contributed by atoms with van der Waals surface area (Å²) in [6, 6.07) is 7.45. The van der Waals surface area contributed by atoms with E-state index in [1.165, 1.54) is 18.4 Å². The van der Waals surface area contributed by atoms with Crippen LogP contribution in [-0.4, -0.2) is 24.1 Å². The molecule has 0 aliphatic rings. The van der Waals surface area contributed by atoms with Crippen molar-refractivity contribution in [3.8, 4) is 11.3 Å². The molecule has 3 aromatic rings. The number of methoxy groups -OCH3 is 1. The summed E-state index contributed by atoms with van der Waals surface area (Å²) in [6.07, 6.45) is -0.598. The van der Waals surface area contributed by atoms with Crippen molar-refractivity contribution in [3.63, 3.8) is 0 Å². The Kier molecular flexibility index (Phi) is 4.36. The molecule has 0 amide bonds. The number of anilines is 2. The van der Waals surface area contributed by atoms with Crippen molar-refractivity contribution in [2.75, 3.05) is 25.2 Å². The maximum Gasteiger partial charge on any atom is 0.224 e. The fraction of sp³-hybridized carbons (Fsp3) is 0.200. The van der Waals surface area contributed by atoms with E-state index in [4.69, 9.17) is 27.8 Å². The highest BCUT2D eigenvalue weighted by Crippen LogP contribution is 2.41. The Bertz CT molecular complexity index is 866. The number of hydrogen-bond acceptors (Lipinski definition) is 7. The third kappa shape index (κ3) is 2.84. The number of aromatic nitrogens is 2. The molecule has 0 saturated carbocycles. The summed E-state index contributed by atoms with van der Waals surface area (Å²) in [5, 5.41) is 4.35. The molecule has 3 rings (SSSR count). The number of thiophene rings is 1. The molecule has 1 aromatic carbocycles. The van der Waals surface area contributed by atoms with Crippen LogP contribution in [0.4, 0.5) is 11.6 Å². The quantitative estimate of drug-likeness (QED) is 0.625. The molecule has 0 aliphatic carbocycles. The number of hydrogen-bond donors (Lipinski definition) is 3. The third-order valence-electron chi connectivity index (χ3n) is 3.45. The van der Waals surface area contributed by atoms with Gasteiger partial charge in [0.05, 0.1) is 21.6 Å². The lowest BCUT2D eigenvalue weighted by atomic mass is 10.1. The van der Waals surface area contributed by atoms with Gasteiger partial charge in [-0.3, -0.25) is 0 Å². The summed E-state index contributed by atoms with van der Waals surface area (Å²) in [6.45, 7) is 0. The van der Waals surface area contributed by atoms with E-state index in [0.29, 0.717) is 22.4 Å². The van der Waals surface area contributed by atoms with Crippen LogP contribution >= 0.6 is 22.9 Å². The van der Waals surface area contributed by atoms with Crippen molar-refractivity contribution < 1.29 is 4.74 Å². The van der Waals surface area contributed by atoms with Gasteiger partial charge in [0, 0.05) is 24.7 Å². The molecule has 0 aliphatic heterocycles. The Morgan fingerprint density at radius 1 is 1.35 bits per heavy atom. The zero-order valence-corrected chi connectivity index (χ0v) is 14.2. The number of benzene rings is 1. The van der Waals surface area contributed by atoms with E-state index in [1.54, 1.807) is 7.05 Å². The Balaban J connectivity index is 2.33. The summed E-state index contributed by atoms with van der Waals surface area (Å²) in [5.74, 6) is 0.506. The molecule has 23 heavy (non-hydrogen) atoms. The average Bonchev–Trinajstić information content (AvgIpc) is 2.90.